The maximum absolute atomic E-state index is 12.0. The van der Waals surface area contributed by atoms with Crippen LogP contribution < -0.4 is 5.32 Å². The number of carbonyl (C=O) groups excluding carboxylic acids is 1. The van der Waals surface area contributed by atoms with E-state index in [4.69, 9.17) is 23.2 Å². The summed E-state index contributed by atoms with van der Waals surface area (Å²) >= 11 is 11.3. The van der Waals surface area contributed by atoms with Crippen LogP contribution in [0.1, 0.15) is 15.9 Å². The second-order valence-electron chi connectivity index (χ2n) is 4.84. The number of halogens is 2. The molecule has 0 heterocycles. The molecule has 0 fully saturated rings. The summed E-state index contributed by atoms with van der Waals surface area (Å²) in [6.07, 6.45) is 1.08. The van der Waals surface area contributed by atoms with Crippen LogP contribution in [-0.4, -0.2) is 19.9 Å². The Hall–Kier alpha value is -1.56. The highest BCUT2D eigenvalue weighted by molar-refractivity contribution is 7.90. The highest BCUT2D eigenvalue weighted by Gasteiger charge is 2.18. The molecule has 1 N–H and O–H groups in total. The predicted molar refractivity (Wildman–Crippen MR) is 89.2 cm³/mol. The highest BCUT2D eigenvalue weighted by Crippen LogP contribution is 2.29. The van der Waals surface area contributed by atoms with Crippen LogP contribution in [0.25, 0.3) is 0 Å². The average Bonchev–Trinajstić information content (AvgIpc) is 2.39. The zero-order valence-corrected chi connectivity index (χ0v) is 14.2. The van der Waals surface area contributed by atoms with Gasteiger partial charge >= 0.3 is 0 Å². The van der Waals surface area contributed by atoms with E-state index >= 15 is 0 Å². The number of nitrogens with one attached hydrogen (secondary N) is 1. The third kappa shape index (κ3) is 3.80. The summed E-state index contributed by atoms with van der Waals surface area (Å²) < 4.78 is 23.9. The maximum Gasteiger partial charge on any atom is 0.252 e. The summed E-state index contributed by atoms with van der Waals surface area (Å²) in [4.78, 5) is 11.4. The van der Waals surface area contributed by atoms with Gasteiger partial charge in [0.2, 0.25) is 0 Å². The van der Waals surface area contributed by atoms with Crippen LogP contribution in [0.3, 0.4) is 0 Å². The van der Waals surface area contributed by atoms with Crippen molar-refractivity contribution in [1.82, 2.24) is 0 Å². The van der Waals surface area contributed by atoms with E-state index < -0.39 is 15.1 Å². The lowest BCUT2D eigenvalue weighted by molar-refractivity contribution is 0.108. The van der Waals surface area contributed by atoms with E-state index in [-0.39, 0.29) is 10.5 Å². The Labute approximate surface area is 139 Å². The summed E-state index contributed by atoms with van der Waals surface area (Å²) in [5.74, 6) is 0. The number of anilines is 2. The third-order valence-electron chi connectivity index (χ3n) is 3.06. The van der Waals surface area contributed by atoms with Crippen LogP contribution in [-0.2, 0) is 9.84 Å². The smallest absolute Gasteiger partial charge is 0.252 e. The minimum absolute atomic E-state index is 0.0112. The van der Waals surface area contributed by atoms with Gasteiger partial charge in [0.15, 0.2) is 9.84 Å². The molecule has 116 valence electrons. The Morgan fingerprint density at radius 2 is 1.73 bits per heavy atom. The van der Waals surface area contributed by atoms with E-state index in [1.807, 2.05) is 0 Å². The van der Waals surface area contributed by atoms with Crippen molar-refractivity contribution in [2.75, 3.05) is 11.6 Å². The molecule has 0 saturated heterocycles. The van der Waals surface area contributed by atoms with E-state index in [9.17, 15) is 13.2 Å². The fourth-order valence-corrected chi connectivity index (χ4v) is 3.16. The number of aryl methyl sites for hydroxylation is 1. The molecule has 0 saturated carbocycles. The second kappa shape index (κ2) is 6.28. The van der Waals surface area contributed by atoms with Crippen molar-refractivity contribution in [1.29, 1.82) is 0 Å². The number of carbonyl (C=O) groups is 1. The van der Waals surface area contributed by atoms with E-state index in [1.165, 1.54) is 6.07 Å². The van der Waals surface area contributed by atoms with Crippen LogP contribution in [0.4, 0.5) is 11.4 Å². The predicted octanol–water partition coefficient (Wildman–Crippen LogP) is 4.17. The van der Waals surface area contributed by atoms with Gasteiger partial charge in [0, 0.05) is 22.5 Å². The SMILES string of the molecule is Cc1cc(Nc2ccc(Cl)cc2)c(S(C)(=O)=O)cc1C(=O)Cl. The number of hydrogen-bond donors (Lipinski definition) is 1. The number of sulfone groups is 1. The van der Waals surface area contributed by atoms with Gasteiger partial charge in [-0.15, -0.1) is 0 Å². The van der Waals surface area contributed by atoms with E-state index in [0.29, 0.717) is 22.0 Å². The van der Waals surface area contributed by atoms with Gasteiger partial charge in [-0.05, 0) is 60.5 Å². The Balaban J connectivity index is 2.57. The van der Waals surface area contributed by atoms with Crippen LogP contribution in [0.5, 0.6) is 0 Å². The fourth-order valence-electron chi connectivity index (χ4n) is 1.99. The molecule has 22 heavy (non-hydrogen) atoms. The maximum atomic E-state index is 12.0. The lowest BCUT2D eigenvalue weighted by Crippen LogP contribution is -2.06. The van der Waals surface area contributed by atoms with Gasteiger partial charge in [0.25, 0.3) is 5.24 Å². The summed E-state index contributed by atoms with van der Waals surface area (Å²) in [5, 5.41) is 2.90. The quantitative estimate of drug-likeness (QED) is 0.833. The molecule has 0 aromatic heterocycles. The number of hydrogen-bond acceptors (Lipinski definition) is 4. The van der Waals surface area contributed by atoms with E-state index in [1.54, 1.807) is 37.3 Å². The normalized spacial score (nSPS) is 11.3. The van der Waals surface area contributed by atoms with Crippen LogP contribution >= 0.6 is 23.2 Å². The van der Waals surface area contributed by atoms with Crippen LogP contribution in [0, 0.1) is 6.92 Å². The lowest BCUT2D eigenvalue weighted by atomic mass is 10.1. The summed E-state index contributed by atoms with van der Waals surface area (Å²) in [5.41, 5.74) is 1.82. The van der Waals surface area contributed by atoms with Crippen molar-refractivity contribution in [3.05, 3.63) is 52.5 Å². The van der Waals surface area contributed by atoms with Crippen LogP contribution in [0.15, 0.2) is 41.3 Å². The molecule has 2 aromatic rings. The summed E-state index contributed by atoms with van der Waals surface area (Å²) in [6.45, 7) is 1.69. The van der Waals surface area contributed by atoms with Gasteiger partial charge in [-0.2, -0.15) is 0 Å². The molecule has 2 aromatic carbocycles. The Morgan fingerprint density at radius 3 is 2.23 bits per heavy atom. The molecule has 0 amide bonds. The first-order chi connectivity index (χ1) is 10.2. The van der Waals surface area contributed by atoms with Gasteiger partial charge in [-0.1, -0.05) is 11.6 Å². The van der Waals surface area contributed by atoms with Gasteiger partial charge in [-0.3, -0.25) is 4.79 Å². The Morgan fingerprint density at radius 1 is 1.14 bits per heavy atom. The monoisotopic (exact) mass is 357 g/mol. The molecule has 7 heteroatoms. The Kier molecular flexibility index (Phi) is 4.80. The molecule has 0 radical (unpaired) electrons. The van der Waals surface area contributed by atoms with Crippen molar-refractivity contribution in [3.8, 4) is 0 Å². The molecule has 0 spiro atoms. The van der Waals surface area contributed by atoms with Gasteiger partial charge in [-0.25, -0.2) is 8.42 Å². The fraction of sp³-hybridized carbons (Fsp3) is 0.133. The molecule has 0 unspecified atom stereocenters. The minimum atomic E-state index is -3.53. The molecular formula is C15H13Cl2NO3S. The van der Waals surface area contributed by atoms with E-state index in [2.05, 4.69) is 5.32 Å². The zero-order valence-electron chi connectivity index (χ0n) is 11.9. The first-order valence-corrected chi connectivity index (χ1v) is 8.90. The molecule has 2 rings (SSSR count). The van der Waals surface area contributed by atoms with Gasteiger partial charge < -0.3 is 5.32 Å². The van der Waals surface area contributed by atoms with Crippen molar-refractivity contribution in [3.63, 3.8) is 0 Å². The van der Waals surface area contributed by atoms with Crippen molar-refractivity contribution >= 4 is 49.7 Å². The highest BCUT2D eigenvalue weighted by atomic mass is 35.5. The zero-order chi connectivity index (χ0) is 16.5. The Bertz CT molecular complexity index is 831. The molecule has 0 aliphatic rings. The van der Waals surface area contributed by atoms with E-state index in [0.717, 1.165) is 6.26 Å². The van der Waals surface area contributed by atoms with Gasteiger partial charge in [0.1, 0.15) is 0 Å². The largest absolute Gasteiger partial charge is 0.354 e. The summed E-state index contributed by atoms with van der Waals surface area (Å²) in [6, 6.07) is 9.70. The van der Waals surface area contributed by atoms with Crippen molar-refractivity contribution in [2.45, 2.75) is 11.8 Å². The van der Waals surface area contributed by atoms with Crippen LogP contribution in [0.2, 0.25) is 5.02 Å². The number of rotatable bonds is 4. The van der Waals surface area contributed by atoms with Gasteiger partial charge in [0.05, 0.1) is 10.6 Å². The molecule has 0 atom stereocenters. The topological polar surface area (TPSA) is 63.2 Å². The first-order valence-electron chi connectivity index (χ1n) is 6.25. The number of benzene rings is 2. The molecule has 0 aliphatic heterocycles. The molecule has 0 aliphatic carbocycles. The molecule has 4 nitrogen and oxygen atoms in total. The molecular weight excluding hydrogens is 345 g/mol. The summed E-state index contributed by atoms with van der Waals surface area (Å²) in [7, 11) is -3.53. The standard InChI is InChI=1S/C15H13Cl2NO3S/c1-9-7-13(18-11-5-3-10(16)4-6-11)14(22(2,20)21)8-12(9)15(17)19/h3-8,18H,1-2H3. The average molecular weight is 358 g/mol. The minimum Gasteiger partial charge on any atom is -0.354 e. The lowest BCUT2D eigenvalue weighted by Gasteiger charge is -2.14. The third-order valence-corrected chi connectivity index (χ3v) is 4.65. The first kappa shape index (κ1) is 16.8. The molecule has 0 bridgehead atoms. The van der Waals surface area contributed by atoms with Crippen molar-refractivity contribution in [2.24, 2.45) is 0 Å². The second-order valence-corrected chi connectivity index (χ2v) is 7.60. The van der Waals surface area contributed by atoms with Crippen molar-refractivity contribution < 1.29 is 13.2 Å².